The van der Waals surface area contributed by atoms with Crippen LogP contribution in [0, 0.1) is 0 Å². The van der Waals surface area contributed by atoms with E-state index in [4.69, 9.17) is 5.11 Å². The predicted octanol–water partition coefficient (Wildman–Crippen LogP) is 1.24. The summed E-state index contributed by atoms with van der Waals surface area (Å²) < 4.78 is 0. The number of carbonyl (C=O) groups is 1. The number of carbonyl (C=O) groups excluding carboxylic acids is 1. The van der Waals surface area contributed by atoms with Gasteiger partial charge in [-0.15, -0.1) is 0 Å². The Labute approximate surface area is 89.4 Å². The van der Waals surface area contributed by atoms with Gasteiger partial charge in [-0.3, -0.25) is 4.79 Å². The Morgan fingerprint density at radius 3 is 2.67 bits per heavy atom. The normalized spacial score (nSPS) is 11.2. The first-order chi connectivity index (χ1) is 7.22. The van der Waals surface area contributed by atoms with E-state index >= 15 is 0 Å². The van der Waals surface area contributed by atoms with Gasteiger partial charge in [-0.2, -0.15) is 0 Å². The zero-order chi connectivity index (χ0) is 11.1. The second-order valence-corrected chi connectivity index (χ2v) is 3.35. The number of rotatable bonds is 4. The quantitative estimate of drug-likeness (QED) is 0.727. The fraction of sp³-hybridized carbons (Fsp3) is 0.250. The molecule has 0 aliphatic carbocycles. The van der Waals surface area contributed by atoms with E-state index in [-0.39, 0.29) is 12.5 Å². The average Bonchev–Trinajstić information content (AvgIpc) is 2.27. The number of nitrogens with one attached hydrogen (secondary N) is 1. The first kappa shape index (κ1) is 11.5. The van der Waals surface area contributed by atoms with E-state index in [1.807, 2.05) is 30.3 Å². The highest BCUT2D eigenvalue weighted by molar-refractivity contribution is 5.88. The number of aliphatic hydroxyl groups excluding tert-OH is 1. The van der Waals surface area contributed by atoms with Crippen LogP contribution >= 0.6 is 0 Å². The standard InChI is InChI=1S/C12H15NO2/c1-10(9-14)7-12(15)13-8-11-5-3-2-4-6-11/h2-7,14H,8-9H2,1H3,(H,13,15)/b10-7+. The zero-order valence-electron chi connectivity index (χ0n) is 8.73. The smallest absolute Gasteiger partial charge is 0.244 e. The molecule has 0 unspecified atom stereocenters. The molecule has 0 aliphatic rings. The molecule has 0 heterocycles. The van der Waals surface area contributed by atoms with Crippen LogP contribution in [0.5, 0.6) is 0 Å². The number of hydrogen-bond donors (Lipinski definition) is 2. The number of benzene rings is 1. The van der Waals surface area contributed by atoms with Gasteiger partial charge in [-0.25, -0.2) is 0 Å². The van der Waals surface area contributed by atoms with Gasteiger partial charge in [-0.05, 0) is 18.1 Å². The lowest BCUT2D eigenvalue weighted by atomic mass is 10.2. The average molecular weight is 205 g/mol. The third kappa shape index (κ3) is 4.42. The van der Waals surface area contributed by atoms with E-state index < -0.39 is 0 Å². The minimum absolute atomic E-state index is 0.0846. The summed E-state index contributed by atoms with van der Waals surface area (Å²) in [6.07, 6.45) is 1.41. The molecule has 1 rings (SSSR count). The highest BCUT2D eigenvalue weighted by Crippen LogP contribution is 1.97. The van der Waals surface area contributed by atoms with Crippen molar-refractivity contribution in [3.8, 4) is 0 Å². The van der Waals surface area contributed by atoms with E-state index in [0.717, 1.165) is 5.56 Å². The predicted molar refractivity (Wildman–Crippen MR) is 59.1 cm³/mol. The van der Waals surface area contributed by atoms with Gasteiger partial charge in [0.15, 0.2) is 0 Å². The van der Waals surface area contributed by atoms with Gasteiger partial charge >= 0.3 is 0 Å². The van der Waals surface area contributed by atoms with Crippen molar-refractivity contribution in [3.05, 3.63) is 47.5 Å². The Morgan fingerprint density at radius 1 is 1.40 bits per heavy atom. The molecular weight excluding hydrogens is 190 g/mol. The maximum absolute atomic E-state index is 11.3. The fourth-order valence-electron chi connectivity index (χ4n) is 1.11. The van der Waals surface area contributed by atoms with Crippen LogP contribution in [-0.2, 0) is 11.3 Å². The van der Waals surface area contributed by atoms with Gasteiger partial charge in [0.05, 0.1) is 6.61 Å². The summed E-state index contributed by atoms with van der Waals surface area (Å²) in [5, 5.41) is 11.5. The summed E-state index contributed by atoms with van der Waals surface area (Å²) in [6.45, 7) is 2.13. The molecule has 0 radical (unpaired) electrons. The van der Waals surface area contributed by atoms with Crippen LogP contribution in [0.2, 0.25) is 0 Å². The van der Waals surface area contributed by atoms with Crippen LogP contribution < -0.4 is 5.32 Å². The number of amides is 1. The molecule has 0 fully saturated rings. The van der Waals surface area contributed by atoms with Crippen molar-refractivity contribution in [2.45, 2.75) is 13.5 Å². The maximum atomic E-state index is 11.3. The van der Waals surface area contributed by atoms with E-state index in [1.54, 1.807) is 6.92 Å². The minimum atomic E-state index is -0.176. The third-order valence-electron chi connectivity index (χ3n) is 1.94. The third-order valence-corrected chi connectivity index (χ3v) is 1.94. The Hall–Kier alpha value is -1.61. The first-order valence-electron chi connectivity index (χ1n) is 4.82. The molecule has 0 aromatic heterocycles. The molecule has 1 amide bonds. The summed E-state index contributed by atoms with van der Waals surface area (Å²) in [4.78, 5) is 11.3. The van der Waals surface area contributed by atoms with Gasteiger partial charge in [0, 0.05) is 12.6 Å². The van der Waals surface area contributed by atoms with E-state index in [9.17, 15) is 4.79 Å². The molecule has 0 aliphatic heterocycles. The summed E-state index contributed by atoms with van der Waals surface area (Å²) in [6, 6.07) is 9.68. The van der Waals surface area contributed by atoms with Crippen LogP contribution in [0.3, 0.4) is 0 Å². The van der Waals surface area contributed by atoms with Crippen LogP contribution in [0.15, 0.2) is 42.0 Å². The molecule has 0 spiro atoms. The van der Waals surface area contributed by atoms with Gasteiger partial charge in [0.25, 0.3) is 0 Å². The topological polar surface area (TPSA) is 49.3 Å². The van der Waals surface area contributed by atoms with Crippen LogP contribution in [0.1, 0.15) is 12.5 Å². The van der Waals surface area contributed by atoms with E-state index in [1.165, 1.54) is 6.08 Å². The summed E-state index contributed by atoms with van der Waals surface area (Å²) in [5.74, 6) is -0.176. The van der Waals surface area contributed by atoms with E-state index in [2.05, 4.69) is 5.32 Å². The molecular formula is C12H15NO2. The summed E-state index contributed by atoms with van der Waals surface area (Å²) in [7, 11) is 0. The molecule has 0 saturated heterocycles. The summed E-state index contributed by atoms with van der Waals surface area (Å²) >= 11 is 0. The molecule has 2 N–H and O–H groups in total. The molecule has 0 bridgehead atoms. The Balaban J connectivity index is 2.41. The fourth-order valence-corrected chi connectivity index (χ4v) is 1.11. The first-order valence-corrected chi connectivity index (χ1v) is 4.82. The molecule has 15 heavy (non-hydrogen) atoms. The van der Waals surface area contributed by atoms with Crippen molar-refractivity contribution >= 4 is 5.91 Å². The van der Waals surface area contributed by atoms with Crippen LogP contribution in [-0.4, -0.2) is 17.6 Å². The number of aliphatic hydroxyl groups is 1. The van der Waals surface area contributed by atoms with Crippen molar-refractivity contribution in [2.24, 2.45) is 0 Å². The Bertz CT molecular complexity index is 344. The van der Waals surface area contributed by atoms with Gasteiger partial charge in [-0.1, -0.05) is 30.3 Å². The lowest BCUT2D eigenvalue weighted by Gasteiger charge is -2.02. The van der Waals surface area contributed by atoms with Crippen molar-refractivity contribution in [1.29, 1.82) is 0 Å². The Kier molecular flexibility index (Phi) is 4.57. The minimum Gasteiger partial charge on any atom is -0.392 e. The molecule has 3 heteroatoms. The highest BCUT2D eigenvalue weighted by atomic mass is 16.3. The number of hydrogen-bond acceptors (Lipinski definition) is 2. The second kappa shape index (κ2) is 5.98. The van der Waals surface area contributed by atoms with E-state index in [0.29, 0.717) is 12.1 Å². The van der Waals surface area contributed by atoms with Gasteiger partial charge in [0.2, 0.25) is 5.91 Å². The molecule has 3 nitrogen and oxygen atoms in total. The van der Waals surface area contributed by atoms with Crippen molar-refractivity contribution in [1.82, 2.24) is 5.32 Å². The molecule has 0 atom stereocenters. The molecule has 80 valence electrons. The zero-order valence-corrected chi connectivity index (χ0v) is 8.73. The van der Waals surface area contributed by atoms with Gasteiger partial charge in [0.1, 0.15) is 0 Å². The van der Waals surface area contributed by atoms with Gasteiger partial charge < -0.3 is 10.4 Å². The maximum Gasteiger partial charge on any atom is 0.244 e. The second-order valence-electron chi connectivity index (χ2n) is 3.35. The largest absolute Gasteiger partial charge is 0.392 e. The highest BCUT2D eigenvalue weighted by Gasteiger charge is 1.97. The monoisotopic (exact) mass is 205 g/mol. The van der Waals surface area contributed by atoms with Crippen LogP contribution in [0.25, 0.3) is 0 Å². The molecule has 0 saturated carbocycles. The summed E-state index contributed by atoms with van der Waals surface area (Å²) in [5.41, 5.74) is 1.71. The van der Waals surface area contributed by atoms with Crippen LogP contribution in [0.4, 0.5) is 0 Å². The van der Waals surface area contributed by atoms with Crippen molar-refractivity contribution in [2.75, 3.05) is 6.61 Å². The molecule has 1 aromatic carbocycles. The lowest BCUT2D eigenvalue weighted by Crippen LogP contribution is -2.20. The van der Waals surface area contributed by atoms with Crippen molar-refractivity contribution < 1.29 is 9.90 Å². The van der Waals surface area contributed by atoms with Crippen molar-refractivity contribution in [3.63, 3.8) is 0 Å². The lowest BCUT2D eigenvalue weighted by molar-refractivity contribution is -0.116. The Morgan fingerprint density at radius 2 is 2.07 bits per heavy atom. The molecule has 1 aromatic rings. The SMILES string of the molecule is C/C(=C\C(=O)NCc1ccccc1)CO.